The average Bonchev–Trinajstić information content (AvgIpc) is 3.03. The zero-order chi connectivity index (χ0) is 15.4. The largest absolute Gasteiger partial charge is 0.461 e. The number of rotatable bonds is 5. The van der Waals surface area contributed by atoms with Gasteiger partial charge in [-0.05, 0) is 13.0 Å². The molecular weight excluding hydrogens is 284 g/mol. The molecule has 112 valence electrons. The maximum Gasteiger partial charge on any atom is 0.360 e. The third-order valence-corrected chi connectivity index (χ3v) is 2.51. The van der Waals surface area contributed by atoms with Gasteiger partial charge in [-0.1, -0.05) is 0 Å². The molecule has 0 unspecified atom stereocenters. The van der Waals surface area contributed by atoms with Crippen LogP contribution in [-0.2, 0) is 11.8 Å². The van der Waals surface area contributed by atoms with Crippen molar-refractivity contribution in [3.05, 3.63) is 35.3 Å². The highest BCUT2D eigenvalue weighted by Gasteiger charge is 2.16. The lowest BCUT2D eigenvalue weighted by Gasteiger charge is -1.94. The molecule has 8 heteroatoms. The lowest BCUT2D eigenvalue weighted by molar-refractivity contribution is 0.0519. The predicted molar refractivity (Wildman–Crippen MR) is 69.6 cm³/mol. The number of aryl methyl sites for hydroxylation is 1. The van der Waals surface area contributed by atoms with Gasteiger partial charge in [0, 0.05) is 24.9 Å². The van der Waals surface area contributed by atoms with Gasteiger partial charge in [0.05, 0.1) is 6.61 Å². The second kappa shape index (κ2) is 6.29. The number of ether oxygens (including phenoxy) is 1. The number of carbonyl (C=O) groups excluding carboxylic acids is 1. The molecule has 6 nitrogen and oxygen atoms in total. The summed E-state index contributed by atoms with van der Waals surface area (Å²) in [6, 6.07) is 0. The van der Waals surface area contributed by atoms with Crippen LogP contribution in [0.5, 0.6) is 0 Å². The molecule has 0 aliphatic heterocycles. The summed E-state index contributed by atoms with van der Waals surface area (Å²) in [7, 11) is 1.55. The molecule has 0 aliphatic rings. The smallest absolute Gasteiger partial charge is 0.360 e. The summed E-state index contributed by atoms with van der Waals surface area (Å²) in [6.45, 7) is 1.90. The van der Waals surface area contributed by atoms with Crippen molar-refractivity contribution in [1.29, 1.82) is 0 Å². The molecule has 0 bridgehead atoms. The molecule has 0 N–H and O–H groups in total. The van der Waals surface area contributed by atoms with Crippen LogP contribution in [0.15, 0.2) is 16.9 Å². The van der Waals surface area contributed by atoms with Gasteiger partial charge in [-0.3, -0.25) is 4.68 Å². The lowest BCUT2D eigenvalue weighted by Crippen LogP contribution is -2.04. The minimum Gasteiger partial charge on any atom is -0.461 e. The van der Waals surface area contributed by atoms with E-state index in [9.17, 15) is 13.6 Å². The van der Waals surface area contributed by atoms with Crippen molar-refractivity contribution in [3.8, 4) is 0 Å². The van der Waals surface area contributed by atoms with E-state index < -0.39 is 12.4 Å². The Hall–Kier alpha value is -2.51. The summed E-state index contributed by atoms with van der Waals surface area (Å²) in [5, 5.41) is 3.67. The van der Waals surface area contributed by atoms with Gasteiger partial charge in [-0.15, -0.1) is 0 Å². The fraction of sp³-hybridized carbons (Fsp3) is 0.308. The second-order valence-electron chi connectivity index (χ2n) is 4.07. The second-order valence-corrected chi connectivity index (χ2v) is 4.07. The van der Waals surface area contributed by atoms with Crippen LogP contribution in [0.1, 0.15) is 41.0 Å². The molecule has 0 aromatic carbocycles. The molecule has 0 saturated heterocycles. The van der Waals surface area contributed by atoms with Gasteiger partial charge in [0.15, 0.2) is 5.69 Å². The van der Waals surface area contributed by atoms with Gasteiger partial charge < -0.3 is 9.15 Å². The highest BCUT2D eigenvalue weighted by Crippen LogP contribution is 2.22. The normalized spacial score (nSPS) is 11.5. The molecule has 0 spiro atoms. The van der Waals surface area contributed by atoms with Crippen molar-refractivity contribution in [2.45, 2.75) is 13.3 Å². The van der Waals surface area contributed by atoms with E-state index in [4.69, 9.17) is 9.15 Å². The molecule has 0 aliphatic carbocycles. The zero-order valence-corrected chi connectivity index (χ0v) is 11.4. The van der Waals surface area contributed by atoms with Crippen LogP contribution in [0, 0.1) is 0 Å². The van der Waals surface area contributed by atoms with Crippen LogP contribution in [0.2, 0.25) is 0 Å². The minimum absolute atomic E-state index is 0.0248. The first-order valence-corrected chi connectivity index (χ1v) is 6.13. The maximum atomic E-state index is 12.8. The van der Waals surface area contributed by atoms with Gasteiger partial charge in [0.1, 0.15) is 12.0 Å². The fourth-order valence-corrected chi connectivity index (χ4v) is 1.65. The molecule has 0 radical (unpaired) electrons. The van der Waals surface area contributed by atoms with Crippen molar-refractivity contribution in [1.82, 2.24) is 14.8 Å². The Labute approximate surface area is 119 Å². The summed E-state index contributed by atoms with van der Waals surface area (Å²) in [6.07, 6.45) is 2.70. The number of hydrogen-bond donors (Lipinski definition) is 0. The standard InChI is InChI=1S/C13H13F2N3O3/c1-3-20-13(19)9-7-21-10(16-9)5-4-8-6-18(2)17-11(8)12(14)15/h4-7,12H,3H2,1-2H3/b5-4+. The van der Waals surface area contributed by atoms with E-state index in [1.807, 2.05) is 0 Å². The van der Waals surface area contributed by atoms with Crippen molar-refractivity contribution < 1.29 is 22.7 Å². The third-order valence-electron chi connectivity index (χ3n) is 2.51. The van der Waals surface area contributed by atoms with E-state index >= 15 is 0 Å². The molecular formula is C13H13F2N3O3. The van der Waals surface area contributed by atoms with Crippen molar-refractivity contribution in [3.63, 3.8) is 0 Å². The van der Waals surface area contributed by atoms with Crippen LogP contribution in [0.4, 0.5) is 8.78 Å². The highest BCUT2D eigenvalue weighted by atomic mass is 19.3. The van der Waals surface area contributed by atoms with Gasteiger partial charge in [0.25, 0.3) is 6.43 Å². The SMILES string of the molecule is CCOC(=O)c1coc(/C=C/c2cn(C)nc2C(F)F)n1. The molecule has 21 heavy (non-hydrogen) atoms. The molecule has 2 rings (SSSR count). The van der Waals surface area contributed by atoms with E-state index in [0.29, 0.717) is 0 Å². The van der Waals surface area contributed by atoms with E-state index in [1.165, 1.54) is 23.0 Å². The van der Waals surface area contributed by atoms with Crippen molar-refractivity contribution >= 4 is 18.1 Å². The Morgan fingerprint density at radius 2 is 2.29 bits per heavy atom. The predicted octanol–water partition coefficient (Wildman–Crippen LogP) is 2.69. The topological polar surface area (TPSA) is 70.2 Å². The number of esters is 1. The molecule has 0 saturated carbocycles. The van der Waals surface area contributed by atoms with Crippen LogP contribution in [0.25, 0.3) is 12.2 Å². The first-order chi connectivity index (χ1) is 10.0. The summed E-state index contributed by atoms with van der Waals surface area (Å²) in [5.41, 5.74) is -0.0499. The summed E-state index contributed by atoms with van der Waals surface area (Å²) in [5.74, 6) is -0.488. The van der Waals surface area contributed by atoms with Crippen LogP contribution in [0.3, 0.4) is 0 Å². The molecule has 0 atom stereocenters. The zero-order valence-electron chi connectivity index (χ0n) is 11.4. The van der Waals surface area contributed by atoms with Crippen LogP contribution in [-0.4, -0.2) is 27.3 Å². The molecule has 0 fully saturated rings. The number of hydrogen-bond acceptors (Lipinski definition) is 5. The summed E-state index contributed by atoms with van der Waals surface area (Å²) in [4.78, 5) is 15.3. The average molecular weight is 297 g/mol. The Bertz CT molecular complexity index is 661. The monoisotopic (exact) mass is 297 g/mol. The number of alkyl halides is 2. The van der Waals surface area contributed by atoms with Gasteiger partial charge >= 0.3 is 5.97 Å². The number of oxazole rings is 1. The Kier molecular flexibility index (Phi) is 4.46. The molecule has 2 aromatic rings. The highest BCUT2D eigenvalue weighted by molar-refractivity contribution is 5.87. The summed E-state index contributed by atoms with van der Waals surface area (Å²) < 4.78 is 36.6. The molecule has 2 aromatic heterocycles. The number of halogens is 2. The number of carbonyl (C=O) groups is 1. The van der Waals surface area contributed by atoms with Crippen LogP contribution < -0.4 is 0 Å². The Morgan fingerprint density at radius 1 is 1.52 bits per heavy atom. The molecule has 0 amide bonds. The van der Waals surface area contributed by atoms with E-state index in [1.54, 1.807) is 14.0 Å². The van der Waals surface area contributed by atoms with Gasteiger partial charge in [-0.25, -0.2) is 18.6 Å². The van der Waals surface area contributed by atoms with Gasteiger partial charge in [0.2, 0.25) is 5.89 Å². The number of aromatic nitrogens is 3. The van der Waals surface area contributed by atoms with E-state index in [-0.39, 0.29) is 29.4 Å². The minimum atomic E-state index is -2.68. The number of nitrogens with zero attached hydrogens (tertiary/aromatic N) is 3. The van der Waals surface area contributed by atoms with Crippen LogP contribution >= 0.6 is 0 Å². The lowest BCUT2D eigenvalue weighted by atomic mass is 10.2. The fourth-order valence-electron chi connectivity index (χ4n) is 1.65. The van der Waals surface area contributed by atoms with E-state index in [2.05, 4.69) is 10.1 Å². The van der Waals surface area contributed by atoms with E-state index in [0.717, 1.165) is 6.26 Å². The maximum absolute atomic E-state index is 12.8. The Morgan fingerprint density at radius 3 is 2.95 bits per heavy atom. The first kappa shape index (κ1) is 14.9. The van der Waals surface area contributed by atoms with Crippen molar-refractivity contribution in [2.24, 2.45) is 7.05 Å². The molecule has 2 heterocycles. The summed E-state index contributed by atoms with van der Waals surface area (Å²) >= 11 is 0. The first-order valence-electron chi connectivity index (χ1n) is 6.13. The van der Waals surface area contributed by atoms with Crippen molar-refractivity contribution in [2.75, 3.05) is 6.61 Å². The van der Waals surface area contributed by atoms with Gasteiger partial charge in [-0.2, -0.15) is 5.10 Å². The quantitative estimate of drug-likeness (QED) is 0.794. The Balaban J connectivity index is 2.17. The third kappa shape index (κ3) is 3.53.